The van der Waals surface area contributed by atoms with E-state index in [0.29, 0.717) is 0 Å². The summed E-state index contributed by atoms with van der Waals surface area (Å²) < 4.78 is 0. The Morgan fingerprint density at radius 1 is 0.941 bits per heavy atom. The lowest BCUT2D eigenvalue weighted by Crippen LogP contribution is -2.35. The molecule has 17 heavy (non-hydrogen) atoms. The van der Waals surface area contributed by atoms with Crippen LogP contribution in [-0.2, 0) is 0 Å². The first-order valence-electron chi connectivity index (χ1n) is 8.00. The molecule has 2 atom stereocenters. The molecule has 0 aromatic heterocycles. The SMILES string of the molecule is CCCC1(CCC)CCC2CCNCC2CC1. The third kappa shape index (κ3) is 3.24. The zero-order chi connectivity index (χ0) is 12.1. The third-order valence-corrected chi connectivity index (χ3v) is 5.42. The average molecular weight is 237 g/mol. The first kappa shape index (κ1) is 13.4. The van der Waals surface area contributed by atoms with E-state index in [1.54, 1.807) is 0 Å². The highest BCUT2D eigenvalue weighted by molar-refractivity contribution is 4.89. The minimum atomic E-state index is 0.723. The highest BCUT2D eigenvalue weighted by Crippen LogP contribution is 2.46. The smallest absolute Gasteiger partial charge is 0.00179 e. The van der Waals surface area contributed by atoms with Crippen LogP contribution in [0.3, 0.4) is 0 Å². The Bertz CT molecular complexity index is 200. The summed E-state index contributed by atoms with van der Waals surface area (Å²) in [5.74, 6) is 2.05. The number of fused-ring (bicyclic) bond motifs is 1. The zero-order valence-corrected chi connectivity index (χ0v) is 11.9. The van der Waals surface area contributed by atoms with Crippen LogP contribution in [0.15, 0.2) is 0 Å². The fourth-order valence-corrected chi connectivity index (χ4v) is 4.49. The molecule has 0 spiro atoms. The van der Waals surface area contributed by atoms with Crippen LogP contribution in [0.25, 0.3) is 0 Å². The zero-order valence-electron chi connectivity index (χ0n) is 11.9. The number of hydrogen-bond acceptors (Lipinski definition) is 1. The van der Waals surface area contributed by atoms with Crippen LogP contribution in [0, 0.1) is 17.3 Å². The molecule has 1 aliphatic carbocycles. The van der Waals surface area contributed by atoms with E-state index in [2.05, 4.69) is 19.2 Å². The van der Waals surface area contributed by atoms with Crippen LogP contribution in [0.2, 0.25) is 0 Å². The van der Waals surface area contributed by atoms with Gasteiger partial charge in [-0.25, -0.2) is 0 Å². The molecule has 100 valence electrons. The van der Waals surface area contributed by atoms with Gasteiger partial charge in [-0.3, -0.25) is 0 Å². The van der Waals surface area contributed by atoms with Crippen molar-refractivity contribution < 1.29 is 0 Å². The minimum Gasteiger partial charge on any atom is -0.316 e. The van der Waals surface area contributed by atoms with Crippen molar-refractivity contribution >= 4 is 0 Å². The summed E-state index contributed by atoms with van der Waals surface area (Å²) in [7, 11) is 0. The minimum absolute atomic E-state index is 0.723. The van der Waals surface area contributed by atoms with Crippen molar-refractivity contribution in [3.63, 3.8) is 0 Å². The Kier molecular flexibility index (Phi) is 4.90. The van der Waals surface area contributed by atoms with Gasteiger partial charge in [-0.15, -0.1) is 0 Å². The first-order chi connectivity index (χ1) is 8.29. The normalized spacial score (nSPS) is 32.8. The third-order valence-electron chi connectivity index (χ3n) is 5.42. The number of rotatable bonds is 4. The van der Waals surface area contributed by atoms with Crippen LogP contribution < -0.4 is 5.32 Å². The number of piperidine rings is 1. The van der Waals surface area contributed by atoms with Crippen molar-refractivity contribution in [1.82, 2.24) is 5.32 Å². The van der Waals surface area contributed by atoms with Gasteiger partial charge in [0.1, 0.15) is 0 Å². The van der Waals surface area contributed by atoms with Crippen LogP contribution in [-0.4, -0.2) is 13.1 Å². The quantitative estimate of drug-likeness (QED) is 0.765. The van der Waals surface area contributed by atoms with E-state index in [1.807, 2.05) is 0 Å². The molecule has 1 heterocycles. The molecule has 2 rings (SSSR count). The van der Waals surface area contributed by atoms with Crippen molar-refractivity contribution in [2.45, 2.75) is 71.6 Å². The van der Waals surface area contributed by atoms with Crippen LogP contribution in [0.5, 0.6) is 0 Å². The summed E-state index contributed by atoms with van der Waals surface area (Å²) in [4.78, 5) is 0. The number of nitrogens with one attached hydrogen (secondary N) is 1. The van der Waals surface area contributed by atoms with Gasteiger partial charge in [0.15, 0.2) is 0 Å². The van der Waals surface area contributed by atoms with E-state index in [0.717, 1.165) is 17.3 Å². The predicted molar refractivity (Wildman–Crippen MR) is 75.2 cm³/mol. The summed E-state index contributed by atoms with van der Waals surface area (Å²) in [6.45, 7) is 7.32. The van der Waals surface area contributed by atoms with Crippen LogP contribution >= 0.6 is 0 Å². The Balaban J connectivity index is 2.00. The Labute approximate surface area is 108 Å². The molecule has 1 heteroatoms. The van der Waals surface area contributed by atoms with Crippen LogP contribution in [0.4, 0.5) is 0 Å². The Morgan fingerprint density at radius 3 is 2.24 bits per heavy atom. The van der Waals surface area contributed by atoms with Crippen molar-refractivity contribution in [2.75, 3.05) is 13.1 Å². The van der Waals surface area contributed by atoms with E-state index in [4.69, 9.17) is 0 Å². The molecule has 0 radical (unpaired) electrons. The molecular weight excluding hydrogens is 206 g/mol. The molecule has 2 fully saturated rings. The lowest BCUT2D eigenvalue weighted by molar-refractivity contribution is 0.195. The van der Waals surface area contributed by atoms with E-state index >= 15 is 0 Å². The molecule has 1 nitrogen and oxygen atoms in total. The van der Waals surface area contributed by atoms with Crippen molar-refractivity contribution in [2.24, 2.45) is 17.3 Å². The molecule has 1 saturated heterocycles. The fraction of sp³-hybridized carbons (Fsp3) is 1.00. The van der Waals surface area contributed by atoms with Crippen molar-refractivity contribution in [1.29, 1.82) is 0 Å². The van der Waals surface area contributed by atoms with Gasteiger partial charge in [0, 0.05) is 0 Å². The maximum absolute atomic E-state index is 3.60. The second-order valence-corrected chi connectivity index (χ2v) is 6.59. The molecule has 0 amide bonds. The lowest BCUT2D eigenvalue weighted by Gasteiger charge is -2.32. The summed E-state index contributed by atoms with van der Waals surface area (Å²) in [5.41, 5.74) is 0.723. The van der Waals surface area contributed by atoms with Crippen molar-refractivity contribution in [3.05, 3.63) is 0 Å². The monoisotopic (exact) mass is 237 g/mol. The predicted octanol–water partition coefficient (Wildman–Crippen LogP) is 4.37. The van der Waals surface area contributed by atoms with Crippen LogP contribution in [0.1, 0.15) is 71.6 Å². The Hall–Kier alpha value is -0.0400. The van der Waals surface area contributed by atoms with Crippen molar-refractivity contribution in [3.8, 4) is 0 Å². The summed E-state index contributed by atoms with van der Waals surface area (Å²) in [6, 6.07) is 0. The highest BCUT2D eigenvalue weighted by Gasteiger charge is 2.36. The van der Waals surface area contributed by atoms with E-state index in [-0.39, 0.29) is 0 Å². The summed E-state index contributed by atoms with van der Waals surface area (Å²) >= 11 is 0. The average Bonchev–Trinajstić information content (AvgIpc) is 2.52. The Morgan fingerprint density at radius 2 is 1.59 bits per heavy atom. The first-order valence-corrected chi connectivity index (χ1v) is 8.00. The lowest BCUT2D eigenvalue weighted by atomic mass is 9.73. The standard InChI is InChI=1S/C16H31N/c1-3-8-16(9-4-2)10-5-14-7-12-17-13-15(14)6-11-16/h14-15,17H,3-13H2,1-2H3. The van der Waals surface area contributed by atoms with E-state index in [1.165, 1.54) is 70.9 Å². The molecule has 1 aliphatic heterocycles. The van der Waals surface area contributed by atoms with Gasteiger partial charge in [-0.1, -0.05) is 26.7 Å². The second kappa shape index (κ2) is 6.22. The fourth-order valence-electron chi connectivity index (χ4n) is 4.49. The van der Waals surface area contributed by atoms with Gasteiger partial charge in [-0.2, -0.15) is 0 Å². The number of hydrogen-bond donors (Lipinski definition) is 1. The topological polar surface area (TPSA) is 12.0 Å². The maximum atomic E-state index is 3.60. The van der Waals surface area contributed by atoms with Gasteiger partial charge in [0.25, 0.3) is 0 Å². The molecule has 0 aromatic carbocycles. The summed E-state index contributed by atoms with van der Waals surface area (Å²) in [5, 5.41) is 3.60. The molecule has 0 aromatic rings. The molecule has 2 unspecified atom stereocenters. The van der Waals surface area contributed by atoms with E-state index < -0.39 is 0 Å². The molecule has 1 saturated carbocycles. The van der Waals surface area contributed by atoms with E-state index in [9.17, 15) is 0 Å². The summed E-state index contributed by atoms with van der Waals surface area (Å²) in [6.07, 6.45) is 13.2. The van der Waals surface area contributed by atoms with Gasteiger partial charge in [0.2, 0.25) is 0 Å². The van der Waals surface area contributed by atoms with Gasteiger partial charge >= 0.3 is 0 Å². The van der Waals surface area contributed by atoms with Gasteiger partial charge in [0.05, 0.1) is 0 Å². The molecule has 2 aliphatic rings. The molecular formula is C16H31N. The second-order valence-electron chi connectivity index (χ2n) is 6.59. The molecule has 0 bridgehead atoms. The largest absolute Gasteiger partial charge is 0.316 e. The molecule has 1 N–H and O–H groups in total. The maximum Gasteiger partial charge on any atom is -0.00179 e. The van der Waals surface area contributed by atoms with Gasteiger partial charge < -0.3 is 5.32 Å². The van der Waals surface area contributed by atoms with Gasteiger partial charge in [-0.05, 0) is 75.3 Å². The highest BCUT2D eigenvalue weighted by atomic mass is 14.9.